The fourth-order valence-corrected chi connectivity index (χ4v) is 2.13. The zero-order chi connectivity index (χ0) is 12.3. The van der Waals surface area contributed by atoms with Crippen molar-refractivity contribution in [3.8, 4) is 11.3 Å². The number of hydrogen-bond acceptors (Lipinski definition) is 6. The fourth-order valence-electron chi connectivity index (χ4n) is 2.13. The van der Waals surface area contributed by atoms with Crippen LogP contribution in [-0.4, -0.2) is 36.0 Å². The molecule has 0 unspecified atom stereocenters. The minimum Gasteiger partial charge on any atom is -0.287 e. The number of fused-ring (bicyclic) bond motifs is 4. The van der Waals surface area contributed by atoms with Crippen LogP contribution in [0.1, 0.15) is 21.6 Å². The number of aryl methyl sites for hydroxylation is 1. The summed E-state index contributed by atoms with van der Waals surface area (Å²) in [4.78, 5) is 16.5. The van der Waals surface area contributed by atoms with Gasteiger partial charge in [-0.15, -0.1) is 5.10 Å². The van der Waals surface area contributed by atoms with Gasteiger partial charge in [0.25, 0.3) is 5.78 Å². The van der Waals surface area contributed by atoms with E-state index in [4.69, 9.17) is 0 Å². The molecule has 0 saturated heterocycles. The van der Waals surface area contributed by atoms with E-state index in [0.29, 0.717) is 17.0 Å². The van der Waals surface area contributed by atoms with E-state index in [-0.39, 0.29) is 11.6 Å². The highest BCUT2D eigenvalue weighted by Crippen LogP contribution is 2.34. The molecule has 7 heteroatoms. The third kappa shape index (κ3) is 1.03. The molecule has 1 aliphatic carbocycles. The molecule has 3 aromatic rings. The van der Waals surface area contributed by atoms with E-state index in [1.807, 2.05) is 19.1 Å². The van der Waals surface area contributed by atoms with E-state index in [0.717, 1.165) is 15.8 Å². The molecule has 0 bridgehead atoms. The second kappa shape index (κ2) is 2.95. The second-order valence-electron chi connectivity index (χ2n) is 4.16. The van der Waals surface area contributed by atoms with Crippen LogP contribution >= 0.6 is 0 Å². The average molecular weight is 238 g/mol. The van der Waals surface area contributed by atoms with Gasteiger partial charge in [-0.05, 0) is 23.4 Å². The molecule has 2 aromatic heterocycles. The normalized spacial score (nSPS) is 12.8. The summed E-state index contributed by atoms with van der Waals surface area (Å²) < 4.78 is 1.16. The fraction of sp³-hybridized carbons (Fsp3) is 0.0909. The Morgan fingerprint density at radius 2 is 2.06 bits per heavy atom. The summed E-state index contributed by atoms with van der Waals surface area (Å²) in [5.74, 6) is 0.154. The maximum atomic E-state index is 12.2. The van der Waals surface area contributed by atoms with Crippen LogP contribution in [-0.2, 0) is 0 Å². The molecule has 0 atom stereocenters. The van der Waals surface area contributed by atoms with Crippen molar-refractivity contribution >= 4 is 11.6 Å². The molecule has 0 saturated carbocycles. The Morgan fingerprint density at radius 1 is 1.17 bits per heavy atom. The lowest BCUT2D eigenvalue weighted by Gasteiger charge is -1.99. The zero-order valence-electron chi connectivity index (χ0n) is 9.32. The van der Waals surface area contributed by atoms with E-state index < -0.39 is 0 Å². The number of nitrogens with zero attached hydrogens (tertiary/aromatic N) is 6. The molecule has 18 heavy (non-hydrogen) atoms. The van der Waals surface area contributed by atoms with Gasteiger partial charge in [0.05, 0.1) is 0 Å². The first-order chi connectivity index (χ1) is 8.74. The Morgan fingerprint density at radius 3 is 2.94 bits per heavy atom. The smallest absolute Gasteiger partial charge is 0.287 e. The van der Waals surface area contributed by atoms with Crippen molar-refractivity contribution in [2.45, 2.75) is 6.92 Å². The summed E-state index contributed by atoms with van der Waals surface area (Å²) in [5.41, 5.74) is 3.34. The molecule has 0 spiro atoms. The van der Waals surface area contributed by atoms with Crippen molar-refractivity contribution in [2.24, 2.45) is 0 Å². The monoisotopic (exact) mass is 238 g/mol. The van der Waals surface area contributed by atoms with Gasteiger partial charge in [0, 0.05) is 11.1 Å². The van der Waals surface area contributed by atoms with E-state index in [1.54, 1.807) is 6.07 Å². The van der Waals surface area contributed by atoms with Crippen molar-refractivity contribution in [3.63, 3.8) is 0 Å². The quantitative estimate of drug-likeness (QED) is 0.441. The van der Waals surface area contributed by atoms with E-state index in [2.05, 4.69) is 25.6 Å². The number of carbonyl (C=O) groups is 1. The maximum Gasteiger partial charge on any atom is 0.291 e. The first kappa shape index (κ1) is 9.34. The Labute approximate surface area is 100 Å². The first-order valence-corrected chi connectivity index (χ1v) is 5.36. The predicted molar refractivity (Wildman–Crippen MR) is 60.0 cm³/mol. The summed E-state index contributed by atoms with van der Waals surface area (Å²) in [6.45, 7) is 1.97. The molecule has 2 heterocycles. The first-order valence-electron chi connectivity index (χ1n) is 5.36. The van der Waals surface area contributed by atoms with E-state index >= 15 is 0 Å². The van der Waals surface area contributed by atoms with Gasteiger partial charge in [0.1, 0.15) is 5.69 Å². The van der Waals surface area contributed by atoms with Gasteiger partial charge < -0.3 is 0 Å². The number of benzene rings is 1. The van der Waals surface area contributed by atoms with E-state index in [1.165, 1.54) is 0 Å². The Hall–Kier alpha value is -2.70. The van der Waals surface area contributed by atoms with Gasteiger partial charge in [-0.25, -0.2) is 4.98 Å². The number of carbonyl (C=O) groups excluding carboxylic acids is 1. The lowest BCUT2D eigenvalue weighted by atomic mass is 10.1. The van der Waals surface area contributed by atoms with Crippen molar-refractivity contribution in [2.75, 3.05) is 0 Å². The molecule has 0 aliphatic heterocycles. The van der Waals surface area contributed by atoms with Crippen molar-refractivity contribution in [3.05, 3.63) is 35.0 Å². The van der Waals surface area contributed by atoms with Crippen molar-refractivity contribution in [1.82, 2.24) is 30.2 Å². The SMILES string of the molecule is Cc1ccc2c(c1)-c1nc3nnnn3nc1C2=O. The zero-order valence-corrected chi connectivity index (χ0v) is 9.32. The molecule has 86 valence electrons. The molecule has 0 radical (unpaired) electrons. The molecule has 1 aromatic carbocycles. The summed E-state index contributed by atoms with van der Waals surface area (Å²) in [7, 11) is 0. The average Bonchev–Trinajstić information content (AvgIpc) is 2.92. The van der Waals surface area contributed by atoms with Crippen molar-refractivity contribution < 1.29 is 4.79 Å². The molecule has 0 N–H and O–H groups in total. The lowest BCUT2D eigenvalue weighted by molar-refractivity contribution is 0.103. The molecule has 4 rings (SSSR count). The van der Waals surface area contributed by atoms with Crippen LogP contribution in [0.2, 0.25) is 0 Å². The highest BCUT2D eigenvalue weighted by molar-refractivity contribution is 6.19. The molecule has 7 nitrogen and oxygen atoms in total. The van der Waals surface area contributed by atoms with Crippen LogP contribution in [0.5, 0.6) is 0 Å². The number of rotatable bonds is 0. The minimum atomic E-state index is -0.134. The number of ketones is 1. The van der Waals surface area contributed by atoms with Crippen LogP contribution in [0, 0.1) is 6.92 Å². The largest absolute Gasteiger partial charge is 0.291 e. The van der Waals surface area contributed by atoms with Gasteiger partial charge in [-0.2, -0.15) is 0 Å². The number of hydrogen-bond donors (Lipinski definition) is 0. The number of tetrazole rings is 1. The molecular weight excluding hydrogens is 232 g/mol. The van der Waals surface area contributed by atoms with Gasteiger partial charge in [0.15, 0.2) is 5.69 Å². The van der Waals surface area contributed by atoms with Crippen LogP contribution in [0.4, 0.5) is 0 Å². The highest BCUT2D eigenvalue weighted by Gasteiger charge is 2.31. The van der Waals surface area contributed by atoms with E-state index in [9.17, 15) is 4.79 Å². The lowest BCUT2D eigenvalue weighted by Crippen LogP contribution is -2.06. The number of aromatic nitrogens is 6. The summed E-state index contributed by atoms with van der Waals surface area (Å²) in [5, 5.41) is 15.0. The topological polar surface area (TPSA) is 85.9 Å². The van der Waals surface area contributed by atoms with Crippen LogP contribution in [0.25, 0.3) is 17.0 Å². The third-order valence-corrected chi connectivity index (χ3v) is 2.96. The standard InChI is InChI=1S/C11H6N6O/c1-5-2-3-6-7(4-5)8-9(10(6)18)14-17-11(12-8)13-15-16-17/h2-4H,1H3. The molecule has 1 aliphatic rings. The maximum absolute atomic E-state index is 12.2. The Bertz CT molecular complexity index is 822. The van der Waals surface area contributed by atoms with Crippen molar-refractivity contribution in [1.29, 1.82) is 0 Å². The summed E-state index contributed by atoms with van der Waals surface area (Å²) in [6, 6.07) is 5.62. The Kier molecular flexibility index (Phi) is 1.53. The van der Waals surface area contributed by atoms with Crippen LogP contribution in [0.15, 0.2) is 18.2 Å². The third-order valence-electron chi connectivity index (χ3n) is 2.96. The van der Waals surface area contributed by atoms with Crippen LogP contribution in [0.3, 0.4) is 0 Å². The summed E-state index contributed by atoms with van der Waals surface area (Å²) in [6.07, 6.45) is 0. The predicted octanol–water partition coefficient (Wildman–Crippen LogP) is 0.434. The van der Waals surface area contributed by atoms with Gasteiger partial charge in [-0.1, -0.05) is 27.4 Å². The van der Waals surface area contributed by atoms with Gasteiger partial charge >= 0.3 is 0 Å². The molecular formula is C11H6N6O. The van der Waals surface area contributed by atoms with Gasteiger partial charge in [0.2, 0.25) is 5.78 Å². The van der Waals surface area contributed by atoms with Crippen LogP contribution < -0.4 is 0 Å². The molecule has 0 amide bonds. The minimum absolute atomic E-state index is 0.134. The Balaban J connectivity index is 2.13. The summed E-state index contributed by atoms with van der Waals surface area (Å²) >= 11 is 0. The molecule has 0 fully saturated rings. The highest BCUT2D eigenvalue weighted by atomic mass is 16.1. The second-order valence-corrected chi connectivity index (χ2v) is 4.16. The van der Waals surface area contributed by atoms with Gasteiger partial charge in [-0.3, -0.25) is 4.79 Å².